The van der Waals surface area contributed by atoms with Crippen molar-refractivity contribution in [3.63, 3.8) is 0 Å². The summed E-state index contributed by atoms with van der Waals surface area (Å²) in [5, 5.41) is 19.4. The second-order valence-electron chi connectivity index (χ2n) is 4.05. The molecule has 0 aliphatic rings. The number of aliphatic hydroxyl groups excluding tert-OH is 2. The van der Waals surface area contributed by atoms with Crippen molar-refractivity contribution in [1.82, 2.24) is 9.97 Å². The van der Waals surface area contributed by atoms with Crippen molar-refractivity contribution in [1.29, 1.82) is 0 Å². The van der Waals surface area contributed by atoms with Gasteiger partial charge in [0, 0.05) is 11.8 Å². The lowest BCUT2D eigenvalue weighted by atomic mass is 10.0. The van der Waals surface area contributed by atoms with E-state index in [0.717, 1.165) is 0 Å². The number of carbonyl (C=O) groups is 1. The van der Waals surface area contributed by atoms with Crippen molar-refractivity contribution < 1.29 is 32.9 Å². The van der Waals surface area contributed by atoms with Crippen LogP contribution in [0.5, 0.6) is 0 Å². The topological polar surface area (TPSA) is 119 Å². The molecule has 1 aromatic heterocycles. The minimum absolute atomic E-state index is 0.0421. The van der Waals surface area contributed by atoms with Crippen LogP contribution in [-0.2, 0) is 15.7 Å². The lowest BCUT2D eigenvalue weighted by Gasteiger charge is -2.20. The number of anilines is 1. The van der Waals surface area contributed by atoms with Crippen molar-refractivity contribution >= 4 is 11.9 Å². The summed E-state index contributed by atoms with van der Waals surface area (Å²) >= 11 is 0. The van der Waals surface area contributed by atoms with Gasteiger partial charge in [0.2, 0.25) is 5.95 Å². The Labute approximate surface area is 117 Å². The van der Waals surface area contributed by atoms with Crippen LogP contribution in [0.25, 0.3) is 0 Å². The Morgan fingerprint density at radius 1 is 1.48 bits per heavy atom. The van der Waals surface area contributed by atoms with Crippen LogP contribution in [0.4, 0.5) is 19.1 Å². The van der Waals surface area contributed by atoms with Crippen molar-refractivity contribution in [3.05, 3.63) is 17.5 Å². The first-order valence-electron chi connectivity index (χ1n) is 5.88. The molecular weight excluding hydrogens is 295 g/mol. The van der Waals surface area contributed by atoms with Crippen molar-refractivity contribution in [2.75, 3.05) is 12.3 Å². The minimum atomic E-state index is -4.89. The second-order valence-corrected chi connectivity index (χ2v) is 4.05. The molecule has 10 heteroatoms. The highest BCUT2D eigenvalue weighted by atomic mass is 19.4. The number of carbonyl (C=O) groups excluding carboxylic acids is 1. The number of aliphatic hydroxyl groups is 2. The van der Waals surface area contributed by atoms with E-state index in [1.807, 2.05) is 0 Å². The zero-order chi connectivity index (χ0) is 16.2. The molecule has 0 amide bonds. The fourth-order valence-electron chi connectivity index (χ4n) is 1.56. The molecule has 0 aliphatic heterocycles. The fourth-order valence-corrected chi connectivity index (χ4v) is 1.56. The lowest BCUT2D eigenvalue weighted by molar-refractivity contribution is -0.148. The third-order valence-corrected chi connectivity index (χ3v) is 2.47. The average Bonchev–Trinajstić information content (AvgIpc) is 2.37. The molecule has 21 heavy (non-hydrogen) atoms. The SMILES string of the molecule is CCOC(=O)CC(O)C(O)c1cnc(N)nc1C(F)(F)F. The van der Waals surface area contributed by atoms with E-state index in [1.54, 1.807) is 0 Å². The third kappa shape index (κ3) is 4.53. The van der Waals surface area contributed by atoms with Gasteiger partial charge in [-0.3, -0.25) is 4.79 Å². The molecule has 0 fully saturated rings. The third-order valence-electron chi connectivity index (χ3n) is 2.47. The summed E-state index contributed by atoms with van der Waals surface area (Å²) in [6.07, 6.45) is -8.71. The molecule has 0 aromatic carbocycles. The van der Waals surface area contributed by atoms with Gasteiger partial charge in [-0.15, -0.1) is 0 Å². The minimum Gasteiger partial charge on any atom is -0.466 e. The van der Waals surface area contributed by atoms with Gasteiger partial charge in [-0.05, 0) is 6.92 Å². The first-order chi connectivity index (χ1) is 9.66. The largest absolute Gasteiger partial charge is 0.466 e. The number of alkyl halides is 3. The molecule has 0 saturated heterocycles. The summed E-state index contributed by atoms with van der Waals surface area (Å²) in [5.41, 5.74) is 2.84. The molecule has 0 aliphatic carbocycles. The van der Waals surface area contributed by atoms with Gasteiger partial charge in [0.1, 0.15) is 6.10 Å². The first kappa shape index (κ1) is 17.1. The number of nitrogens with zero attached hydrogens (tertiary/aromatic N) is 2. The van der Waals surface area contributed by atoms with Gasteiger partial charge in [0.05, 0.1) is 19.1 Å². The number of nitrogens with two attached hydrogens (primary N) is 1. The fraction of sp³-hybridized carbons (Fsp3) is 0.545. The maximum absolute atomic E-state index is 12.8. The standard InChI is InChI=1S/C11H14F3N3O4/c1-2-21-7(19)3-6(18)8(20)5-4-16-10(15)17-9(5)11(12,13)14/h4,6,8,18,20H,2-3H2,1H3,(H2,15,16,17). The average molecular weight is 309 g/mol. The normalized spacial score (nSPS) is 14.6. The second kappa shape index (κ2) is 6.68. The Morgan fingerprint density at radius 2 is 2.10 bits per heavy atom. The molecule has 7 nitrogen and oxygen atoms in total. The first-order valence-corrected chi connectivity index (χ1v) is 5.88. The summed E-state index contributed by atoms with van der Waals surface area (Å²) in [4.78, 5) is 17.5. The maximum Gasteiger partial charge on any atom is 0.433 e. The number of ether oxygens (including phenoxy) is 1. The van der Waals surface area contributed by atoms with E-state index >= 15 is 0 Å². The summed E-state index contributed by atoms with van der Waals surface area (Å²) in [6, 6.07) is 0. The van der Waals surface area contributed by atoms with Gasteiger partial charge in [0.25, 0.3) is 0 Å². The number of rotatable bonds is 5. The van der Waals surface area contributed by atoms with Crippen LogP contribution in [0.1, 0.15) is 30.7 Å². The maximum atomic E-state index is 12.8. The molecule has 2 atom stereocenters. The molecule has 0 radical (unpaired) electrons. The van der Waals surface area contributed by atoms with Crippen LogP contribution >= 0.6 is 0 Å². The molecular formula is C11H14F3N3O4. The van der Waals surface area contributed by atoms with E-state index < -0.39 is 48.0 Å². The molecule has 1 aromatic rings. The Kier molecular flexibility index (Phi) is 5.44. The summed E-state index contributed by atoms with van der Waals surface area (Å²) in [6.45, 7) is 1.57. The van der Waals surface area contributed by atoms with Crippen molar-refractivity contribution in [2.24, 2.45) is 0 Å². The highest BCUT2D eigenvalue weighted by Gasteiger charge is 2.39. The molecule has 118 valence electrons. The molecule has 2 unspecified atom stereocenters. The number of hydrogen-bond donors (Lipinski definition) is 3. The van der Waals surface area contributed by atoms with Crippen LogP contribution < -0.4 is 5.73 Å². The number of aromatic nitrogens is 2. The zero-order valence-corrected chi connectivity index (χ0v) is 11.0. The number of halogens is 3. The van der Waals surface area contributed by atoms with Crippen molar-refractivity contribution in [3.8, 4) is 0 Å². The van der Waals surface area contributed by atoms with E-state index in [-0.39, 0.29) is 6.61 Å². The summed E-state index contributed by atoms with van der Waals surface area (Å²) in [5.74, 6) is -1.48. The Balaban J connectivity index is 3.01. The molecule has 1 rings (SSSR count). The van der Waals surface area contributed by atoms with Gasteiger partial charge < -0.3 is 20.7 Å². The van der Waals surface area contributed by atoms with E-state index in [2.05, 4.69) is 14.7 Å². The molecule has 0 spiro atoms. The predicted molar refractivity (Wildman–Crippen MR) is 63.7 cm³/mol. The molecule has 4 N–H and O–H groups in total. The number of hydrogen-bond acceptors (Lipinski definition) is 7. The van der Waals surface area contributed by atoms with E-state index in [4.69, 9.17) is 5.73 Å². The van der Waals surface area contributed by atoms with Gasteiger partial charge >= 0.3 is 12.1 Å². The van der Waals surface area contributed by atoms with Crippen LogP contribution in [-0.4, -0.2) is 38.9 Å². The molecule has 0 saturated carbocycles. The summed E-state index contributed by atoms with van der Waals surface area (Å²) in [7, 11) is 0. The van der Waals surface area contributed by atoms with E-state index in [1.165, 1.54) is 6.92 Å². The Hall–Kier alpha value is -1.94. The van der Waals surface area contributed by atoms with Crippen LogP contribution in [0, 0.1) is 0 Å². The van der Waals surface area contributed by atoms with Crippen LogP contribution in [0.15, 0.2) is 6.20 Å². The summed E-state index contributed by atoms with van der Waals surface area (Å²) < 4.78 is 42.9. The Morgan fingerprint density at radius 3 is 2.62 bits per heavy atom. The molecule has 1 heterocycles. The Bertz CT molecular complexity index is 510. The van der Waals surface area contributed by atoms with E-state index in [9.17, 15) is 28.2 Å². The molecule has 0 bridgehead atoms. The quantitative estimate of drug-likeness (QED) is 0.675. The zero-order valence-electron chi connectivity index (χ0n) is 11.0. The van der Waals surface area contributed by atoms with Gasteiger partial charge in [-0.2, -0.15) is 13.2 Å². The van der Waals surface area contributed by atoms with Gasteiger partial charge in [-0.25, -0.2) is 9.97 Å². The predicted octanol–water partition coefficient (Wildman–Crippen LogP) is 0.425. The van der Waals surface area contributed by atoms with Crippen LogP contribution in [0.2, 0.25) is 0 Å². The number of nitrogen functional groups attached to an aromatic ring is 1. The lowest BCUT2D eigenvalue weighted by Crippen LogP contribution is -2.26. The number of esters is 1. The highest BCUT2D eigenvalue weighted by molar-refractivity contribution is 5.70. The van der Waals surface area contributed by atoms with Gasteiger partial charge in [-0.1, -0.05) is 0 Å². The van der Waals surface area contributed by atoms with Crippen LogP contribution in [0.3, 0.4) is 0 Å². The smallest absolute Gasteiger partial charge is 0.433 e. The monoisotopic (exact) mass is 309 g/mol. The van der Waals surface area contributed by atoms with Crippen molar-refractivity contribution in [2.45, 2.75) is 31.7 Å². The highest BCUT2D eigenvalue weighted by Crippen LogP contribution is 2.34. The van der Waals surface area contributed by atoms with E-state index in [0.29, 0.717) is 6.20 Å². The van der Waals surface area contributed by atoms with Gasteiger partial charge in [0.15, 0.2) is 5.69 Å².